The minimum absolute atomic E-state index is 0.0189. The molecule has 1 N–H and O–H groups in total. The third kappa shape index (κ3) is 4.99. The molecule has 1 aliphatic heterocycles. The van der Waals surface area contributed by atoms with Gasteiger partial charge in [0.1, 0.15) is 5.75 Å². The van der Waals surface area contributed by atoms with Crippen molar-refractivity contribution in [2.75, 3.05) is 38.1 Å². The molecule has 1 aliphatic rings. The molecule has 26 heavy (non-hydrogen) atoms. The fourth-order valence-electron chi connectivity index (χ4n) is 3.06. The van der Waals surface area contributed by atoms with Crippen molar-refractivity contribution in [3.05, 3.63) is 59.7 Å². The average molecular weight is 353 g/mol. The summed E-state index contributed by atoms with van der Waals surface area (Å²) >= 11 is 0. The lowest BCUT2D eigenvalue weighted by molar-refractivity contribution is 0.143. The van der Waals surface area contributed by atoms with Crippen molar-refractivity contribution in [2.24, 2.45) is 0 Å². The second kappa shape index (κ2) is 8.72. The van der Waals surface area contributed by atoms with Gasteiger partial charge in [0.15, 0.2) is 0 Å². The van der Waals surface area contributed by atoms with E-state index in [0.29, 0.717) is 6.61 Å². The highest BCUT2D eigenvalue weighted by Gasteiger charge is 2.21. The molecule has 2 amide bonds. The van der Waals surface area contributed by atoms with Crippen molar-refractivity contribution >= 4 is 11.7 Å². The highest BCUT2D eigenvalue weighted by molar-refractivity contribution is 5.89. The third-order valence-corrected chi connectivity index (χ3v) is 4.60. The van der Waals surface area contributed by atoms with Crippen LogP contribution in [0.5, 0.6) is 5.75 Å². The molecule has 0 bridgehead atoms. The zero-order valence-electron chi connectivity index (χ0n) is 15.6. The summed E-state index contributed by atoms with van der Waals surface area (Å²) in [5, 5.41) is 2.98. The van der Waals surface area contributed by atoms with Crippen molar-refractivity contribution in [1.82, 2.24) is 9.80 Å². The Morgan fingerprint density at radius 3 is 2.27 bits per heavy atom. The summed E-state index contributed by atoms with van der Waals surface area (Å²) < 4.78 is 5.48. The summed E-state index contributed by atoms with van der Waals surface area (Å²) in [6, 6.07) is 16.1. The molecule has 3 rings (SSSR count). The van der Waals surface area contributed by atoms with Crippen LogP contribution in [0, 0.1) is 6.92 Å². The van der Waals surface area contributed by atoms with Crippen molar-refractivity contribution in [2.45, 2.75) is 20.4 Å². The number of nitrogens with one attached hydrogen (secondary N) is 1. The number of anilines is 1. The van der Waals surface area contributed by atoms with E-state index >= 15 is 0 Å². The van der Waals surface area contributed by atoms with Crippen LogP contribution in [-0.4, -0.2) is 48.6 Å². The Bertz CT molecular complexity index is 705. The molecule has 0 radical (unpaired) electrons. The summed E-state index contributed by atoms with van der Waals surface area (Å²) in [5.41, 5.74) is 3.30. The summed E-state index contributed by atoms with van der Waals surface area (Å²) in [6.45, 7) is 8.87. The molecule has 2 aromatic carbocycles. The van der Waals surface area contributed by atoms with Gasteiger partial charge in [-0.3, -0.25) is 4.90 Å². The number of aryl methyl sites for hydroxylation is 1. The number of carbonyl (C=O) groups excluding carboxylic acids is 1. The van der Waals surface area contributed by atoms with Crippen LogP contribution in [0.2, 0.25) is 0 Å². The number of nitrogens with zero attached hydrogens (tertiary/aromatic N) is 2. The molecule has 0 unspecified atom stereocenters. The summed E-state index contributed by atoms with van der Waals surface area (Å²) in [7, 11) is 0. The third-order valence-electron chi connectivity index (χ3n) is 4.60. The van der Waals surface area contributed by atoms with E-state index < -0.39 is 0 Å². The van der Waals surface area contributed by atoms with Crippen LogP contribution in [-0.2, 0) is 6.54 Å². The quantitative estimate of drug-likeness (QED) is 0.890. The lowest BCUT2D eigenvalue weighted by Gasteiger charge is -2.34. The first kappa shape index (κ1) is 18.3. The van der Waals surface area contributed by atoms with Crippen molar-refractivity contribution in [3.8, 4) is 5.75 Å². The van der Waals surface area contributed by atoms with Crippen molar-refractivity contribution < 1.29 is 9.53 Å². The van der Waals surface area contributed by atoms with Crippen molar-refractivity contribution in [1.29, 1.82) is 0 Å². The Balaban J connectivity index is 1.46. The van der Waals surface area contributed by atoms with Crippen LogP contribution in [0.4, 0.5) is 10.5 Å². The van der Waals surface area contributed by atoms with E-state index in [1.54, 1.807) is 0 Å². The van der Waals surface area contributed by atoms with E-state index in [9.17, 15) is 4.79 Å². The lowest BCUT2D eigenvalue weighted by atomic mass is 10.2. The van der Waals surface area contributed by atoms with E-state index in [1.165, 1.54) is 11.1 Å². The number of ether oxygens (including phenoxy) is 1. The molecule has 0 aliphatic carbocycles. The molecular formula is C21H27N3O2. The molecule has 1 fully saturated rings. The normalized spacial score (nSPS) is 14.9. The first-order chi connectivity index (χ1) is 12.6. The second-order valence-electron chi connectivity index (χ2n) is 6.64. The van der Waals surface area contributed by atoms with Crippen LogP contribution >= 0.6 is 0 Å². The number of urea groups is 1. The van der Waals surface area contributed by atoms with Gasteiger partial charge in [-0.05, 0) is 43.7 Å². The molecule has 5 heteroatoms. The molecule has 0 atom stereocenters. The van der Waals surface area contributed by atoms with Gasteiger partial charge >= 0.3 is 6.03 Å². The van der Waals surface area contributed by atoms with E-state index in [-0.39, 0.29) is 6.03 Å². The van der Waals surface area contributed by atoms with Crippen LogP contribution in [0.25, 0.3) is 0 Å². The van der Waals surface area contributed by atoms with Gasteiger partial charge in [0.25, 0.3) is 0 Å². The minimum Gasteiger partial charge on any atom is -0.494 e. The van der Waals surface area contributed by atoms with Gasteiger partial charge in [-0.2, -0.15) is 0 Å². The molecular weight excluding hydrogens is 326 g/mol. The Kier molecular flexibility index (Phi) is 6.12. The van der Waals surface area contributed by atoms with Crippen LogP contribution < -0.4 is 10.1 Å². The standard InChI is InChI=1S/C21H27N3O2/c1-3-26-20-10-6-18(7-11-20)16-23-12-14-24(15-13-23)21(25)22-19-8-4-17(2)5-9-19/h4-11H,3,12-16H2,1-2H3,(H,22,25). The SMILES string of the molecule is CCOc1ccc(CN2CCN(C(=O)Nc3ccc(C)cc3)CC2)cc1. The maximum absolute atomic E-state index is 12.4. The Morgan fingerprint density at radius 2 is 1.65 bits per heavy atom. The zero-order valence-corrected chi connectivity index (χ0v) is 15.6. The number of hydrogen-bond acceptors (Lipinski definition) is 3. The number of amides is 2. The summed E-state index contributed by atoms with van der Waals surface area (Å²) in [5.74, 6) is 0.911. The molecule has 0 aromatic heterocycles. The van der Waals surface area contributed by atoms with Gasteiger partial charge in [-0.25, -0.2) is 4.79 Å². The molecule has 5 nitrogen and oxygen atoms in total. The fourth-order valence-corrected chi connectivity index (χ4v) is 3.06. The number of hydrogen-bond donors (Lipinski definition) is 1. The molecule has 1 heterocycles. The fraction of sp³-hybridized carbons (Fsp3) is 0.381. The Morgan fingerprint density at radius 1 is 1.00 bits per heavy atom. The van der Waals surface area contributed by atoms with Crippen molar-refractivity contribution in [3.63, 3.8) is 0 Å². The Labute approximate surface area is 155 Å². The highest BCUT2D eigenvalue weighted by atomic mass is 16.5. The topological polar surface area (TPSA) is 44.8 Å². The zero-order chi connectivity index (χ0) is 18.4. The van der Waals surface area contributed by atoms with E-state index in [1.807, 2.05) is 55.1 Å². The maximum Gasteiger partial charge on any atom is 0.321 e. The largest absolute Gasteiger partial charge is 0.494 e. The Hall–Kier alpha value is -2.53. The predicted octanol–water partition coefficient (Wildman–Crippen LogP) is 3.74. The second-order valence-corrected chi connectivity index (χ2v) is 6.64. The van der Waals surface area contributed by atoms with Gasteiger partial charge in [0, 0.05) is 38.4 Å². The monoisotopic (exact) mass is 353 g/mol. The molecule has 0 spiro atoms. The highest BCUT2D eigenvalue weighted by Crippen LogP contribution is 2.15. The number of rotatable bonds is 5. The first-order valence-electron chi connectivity index (χ1n) is 9.21. The number of carbonyl (C=O) groups is 1. The average Bonchev–Trinajstić information content (AvgIpc) is 2.66. The molecule has 138 valence electrons. The minimum atomic E-state index is -0.0189. The van der Waals surface area contributed by atoms with Gasteiger partial charge in [0.2, 0.25) is 0 Å². The number of benzene rings is 2. The van der Waals surface area contributed by atoms with Crippen LogP contribution in [0.15, 0.2) is 48.5 Å². The van der Waals surface area contributed by atoms with Crippen LogP contribution in [0.1, 0.15) is 18.1 Å². The summed E-state index contributed by atoms with van der Waals surface area (Å²) in [6.07, 6.45) is 0. The van der Waals surface area contributed by atoms with Gasteiger partial charge in [-0.15, -0.1) is 0 Å². The van der Waals surface area contributed by atoms with E-state index in [2.05, 4.69) is 22.3 Å². The van der Waals surface area contributed by atoms with E-state index in [4.69, 9.17) is 4.74 Å². The molecule has 1 saturated heterocycles. The summed E-state index contributed by atoms with van der Waals surface area (Å²) in [4.78, 5) is 16.7. The van der Waals surface area contributed by atoms with Gasteiger partial charge < -0.3 is 15.0 Å². The number of piperazine rings is 1. The van der Waals surface area contributed by atoms with Crippen LogP contribution in [0.3, 0.4) is 0 Å². The van der Waals surface area contributed by atoms with Gasteiger partial charge in [-0.1, -0.05) is 29.8 Å². The first-order valence-corrected chi connectivity index (χ1v) is 9.21. The smallest absolute Gasteiger partial charge is 0.321 e. The predicted molar refractivity (Wildman–Crippen MR) is 105 cm³/mol. The van der Waals surface area contributed by atoms with Gasteiger partial charge in [0.05, 0.1) is 6.61 Å². The maximum atomic E-state index is 12.4. The molecule has 2 aromatic rings. The lowest BCUT2D eigenvalue weighted by Crippen LogP contribution is -2.49. The van der Waals surface area contributed by atoms with E-state index in [0.717, 1.165) is 44.2 Å². The molecule has 0 saturated carbocycles.